The van der Waals surface area contributed by atoms with E-state index in [4.69, 9.17) is 16.0 Å². The summed E-state index contributed by atoms with van der Waals surface area (Å²) in [6.07, 6.45) is 0. The van der Waals surface area contributed by atoms with Crippen LogP contribution in [0.2, 0.25) is 5.02 Å². The molecule has 0 saturated heterocycles. The Morgan fingerprint density at radius 3 is 2.52 bits per heavy atom. The van der Waals surface area contributed by atoms with Crippen LogP contribution in [0.1, 0.15) is 21.9 Å². The number of carbonyl (C=O) groups excluding carboxylic acids is 1. The number of nitrogens with one attached hydrogen (secondary N) is 1. The van der Waals surface area contributed by atoms with E-state index >= 15 is 0 Å². The first-order chi connectivity index (χ1) is 10.7. The van der Waals surface area contributed by atoms with Crippen molar-refractivity contribution in [2.75, 3.05) is 11.8 Å². The summed E-state index contributed by atoms with van der Waals surface area (Å²) in [5, 5.41) is -0.119. The molecular weight excluding hydrogens is 349 g/mol. The second-order valence-corrected chi connectivity index (χ2v) is 6.67. The van der Waals surface area contributed by atoms with Crippen molar-refractivity contribution in [2.24, 2.45) is 0 Å². The van der Waals surface area contributed by atoms with Crippen molar-refractivity contribution in [3.63, 3.8) is 0 Å². The van der Waals surface area contributed by atoms with Crippen LogP contribution in [0.3, 0.4) is 0 Å². The molecule has 6 nitrogen and oxygen atoms in total. The summed E-state index contributed by atoms with van der Waals surface area (Å²) in [5.74, 6) is -1.32. The lowest BCUT2D eigenvalue weighted by Gasteiger charge is -2.10. The van der Waals surface area contributed by atoms with Crippen LogP contribution in [0.15, 0.2) is 27.5 Å². The molecule has 0 radical (unpaired) electrons. The molecule has 0 spiro atoms. The molecule has 124 valence electrons. The van der Waals surface area contributed by atoms with Crippen LogP contribution in [0.4, 0.5) is 10.1 Å². The summed E-state index contributed by atoms with van der Waals surface area (Å²) in [5.41, 5.74) is -0.224. The Hall–Kier alpha value is -2.06. The van der Waals surface area contributed by atoms with Crippen molar-refractivity contribution in [1.29, 1.82) is 0 Å². The Kier molecular flexibility index (Phi) is 4.67. The summed E-state index contributed by atoms with van der Waals surface area (Å²) in [6.45, 7) is 2.85. The monoisotopic (exact) mass is 361 g/mol. The Morgan fingerprint density at radius 2 is 1.96 bits per heavy atom. The van der Waals surface area contributed by atoms with Gasteiger partial charge in [-0.2, -0.15) is 0 Å². The first kappa shape index (κ1) is 17.3. The highest BCUT2D eigenvalue weighted by atomic mass is 35.5. The quantitative estimate of drug-likeness (QED) is 0.844. The van der Waals surface area contributed by atoms with Gasteiger partial charge in [-0.25, -0.2) is 17.6 Å². The molecular formula is C14H13ClFNO5S. The van der Waals surface area contributed by atoms with Gasteiger partial charge in [0.05, 0.1) is 17.8 Å². The number of benzene rings is 1. The van der Waals surface area contributed by atoms with Crippen LogP contribution >= 0.6 is 11.6 Å². The molecule has 0 saturated carbocycles. The van der Waals surface area contributed by atoms with Crippen molar-refractivity contribution in [1.82, 2.24) is 0 Å². The molecule has 1 N–H and O–H groups in total. The third kappa shape index (κ3) is 3.32. The predicted octanol–water partition coefficient (Wildman–Crippen LogP) is 3.28. The number of hydrogen-bond donors (Lipinski definition) is 1. The van der Waals surface area contributed by atoms with Gasteiger partial charge in [0.1, 0.15) is 27.8 Å². The third-order valence-electron chi connectivity index (χ3n) is 3.04. The van der Waals surface area contributed by atoms with Crippen LogP contribution in [0.5, 0.6) is 0 Å². The van der Waals surface area contributed by atoms with Crippen LogP contribution in [0.25, 0.3) is 0 Å². The SMILES string of the molecule is COC(=O)c1c(C)oc(C)c1S(=O)(=O)Nc1ccc(F)cc1Cl. The number of hydrogen-bond acceptors (Lipinski definition) is 5. The van der Waals surface area contributed by atoms with Gasteiger partial charge in [0, 0.05) is 0 Å². The minimum atomic E-state index is -4.20. The summed E-state index contributed by atoms with van der Waals surface area (Å²) >= 11 is 5.82. The van der Waals surface area contributed by atoms with E-state index in [0.29, 0.717) is 0 Å². The van der Waals surface area contributed by atoms with E-state index in [0.717, 1.165) is 19.2 Å². The number of carbonyl (C=O) groups is 1. The maximum atomic E-state index is 13.0. The van der Waals surface area contributed by atoms with Gasteiger partial charge in [-0.1, -0.05) is 11.6 Å². The molecule has 2 rings (SSSR count). The van der Waals surface area contributed by atoms with Gasteiger partial charge in [0.15, 0.2) is 0 Å². The van der Waals surface area contributed by atoms with Gasteiger partial charge in [-0.3, -0.25) is 4.72 Å². The number of anilines is 1. The zero-order valence-electron chi connectivity index (χ0n) is 12.4. The number of ether oxygens (including phenoxy) is 1. The molecule has 0 unspecified atom stereocenters. The highest BCUT2D eigenvalue weighted by molar-refractivity contribution is 7.92. The number of furan rings is 1. The number of methoxy groups -OCH3 is 1. The first-order valence-electron chi connectivity index (χ1n) is 6.33. The number of rotatable bonds is 4. The Balaban J connectivity index is 2.54. The third-order valence-corrected chi connectivity index (χ3v) is 4.87. The van der Waals surface area contributed by atoms with Gasteiger partial charge >= 0.3 is 5.97 Å². The largest absolute Gasteiger partial charge is 0.465 e. The molecule has 0 amide bonds. The van der Waals surface area contributed by atoms with E-state index in [9.17, 15) is 17.6 Å². The van der Waals surface area contributed by atoms with Crippen molar-refractivity contribution >= 4 is 33.3 Å². The molecule has 1 aromatic heterocycles. The van der Waals surface area contributed by atoms with E-state index in [1.54, 1.807) is 0 Å². The molecule has 1 aromatic carbocycles. The minimum Gasteiger partial charge on any atom is -0.465 e. The smallest absolute Gasteiger partial charge is 0.342 e. The fourth-order valence-electron chi connectivity index (χ4n) is 2.09. The summed E-state index contributed by atoms with van der Waals surface area (Å²) < 4.78 is 50.2. The number of sulfonamides is 1. The average Bonchev–Trinajstić information content (AvgIpc) is 2.76. The average molecular weight is 362 g/mol. The van der Waals surface area contributed by atoms with E-state index in [2.05, 4.69) is 9.46 Å². The van der Waals surface area contributed by atoms with Gasteiger partial charge in [-0.05, 0) is 32.0 Å². The molecule has 9 heteroatoms. The summed E-state index contributed by atoms with van der Waals surface area (Å²) in [6, 6.07) is 3.20. The molecule has 0 fully saturated rings. The second-order valence-electron chi connectivity index (χ2n) is 4.64. The van der Waals surface area contributed by atoms with E-state index < -0.39 is 21.8 Å². The Bertz CT molecular complexity index is 876. The van der Waals surface area contributed by atoms with Crippen molar-refractivity contribution in [2.45, 2.75) is 18.7 Å². The fraction of sp³-hybridized carbons (Fsp3) is 0.214. The normalized spacial score (nSPS) is 11.3. The lowest BCUT2D eigenvalue weighted by atomic mass is 10.2. The zero-order valence-corrected chi connectivity index (χ0v) is 14.0. The molecule has 1 heterocycles. The summed E-state index contributed by atoms with van der Waals surface area (Å²) in [7, 11) is -3.07. The molecule has 0 aliphatic rings. The molecule has 0 aliphatic carbocycles. The van der Waals surface area contributed by atoms with E-state index in [1.165, 1.54) is 19.9 Å². The summed E-state index contributed by atoms with van der Waals surface area (Å²) in [4.78, 5) is 11.5. The highest BCUT2D eigenvalue weighted by Gasteiger charge is 2.32. The van der Waals surface area contributed by atoms with Crippen molar-refractivity contribution in [3.8, 4) is 0 Å². The van der Waals surface area contributed by atoms with Gasteiger partial charge < -0.3 is 9.15 Å². The zero-order chi connectivity index (χ0) is 17.4. The molecule has 0 aliphatic heterocycles. The maximum absolute atomic E-state index is 13.0. The molecule has 2 aromatic rings. The molecule has 0 atom stereocenters. The minimum absolute atomic E-state index is 0.0219. The standard InChI is InChI=1S/C14H13ClFNO5S/c1-7-12(14(18)21-3)13(8(2)22-7)23(19,20)17-11-5-4-9(16)6-10(11)15/h4-6,17H,1-3H3. The molecule has 0 bridgehead atoms. The van der Waals surface area contributed by atoms with Crippen molar-refractivity contribution in [3.05, 3.63) is 46.1 Å². The van der Waals surface area contributed by atoms with Gasteiger partial charge in [0.25, 0.3) is 10.0 Å². The number of halogens is 2. The second kappa shape index (κ2) is 6.21. The highest BCUT2D eigenvalue weighted by Crippen LogP contribution is 2.31. The number of aryl methyl sites for hydroxylation is 2. The van der Waals surface area contributed by atoms with Gasteiger partial charge in [-0.15, -0.1) is 0 Å². The predicted molar refractivity (Wildman–Crippen MR) is 81.7 cm³/mol. The van der Waals surface area contributed by atoms with Crippen LogP contribution in [0, 0.1) is 19.7 Å². The maximum Gasteiger partial charge on any atom is 0.342 e. The van der Waals surface area contributed by atoms with Crippen LogP contribution < -0.4 is 4.72 Å². The topological polar surface area (TPSA) is 85.6 Å². The van der Waals surface area contributed by atoms with E-state index in [-0.39, 0.29) is 32.7 Å². The fourth-order valence-corrected chi connectivity index (χ4v) is 3.85. The lowest BCUT2D eigenvalue weighted by molar-refractivity contribution is 0.0595. The lowest BCUT2D eigenvalue weighted by Crippen LogP contribution is -2.17. The van der Waals surface area contributed by atoms with Gasteiger partial charge in [0.2, 0.25) is 0 Å². The van der Waals surface area contributed by atoms with Crippen LogP contribution in [-0.4, -0.2) is 21.5 Å². The Labute approximate surface area is 137 Å². The first-order valence-corrected chi connectivity index (χ1v) is 8.19. The Morgan fingerprint density at radius 1 is 1.30 bits per heavy atom. The van der Waals surface area contributed by atoms with Crippen LogP contribution in [-0.2, 0) is 14.8 Å². The number of esters is 1. The van der Waals surface area contributed by atoms with E-state index in [1.807, 2.05) is 0 Å². The molecule has 23 heavy (non-hydrogen) atoms. The van der Waals surface area contributed by atoms with Crippen molar-refractivity contribution < 1.29 is 26.8 Å².